The summed E-state index contributed by atoms with van der Waals surface area (Å²) < 4.78 is 1.34. The average molecular weight is 251 g/mol. The molecular formula is C10H13N5O3. The fourth-order valence-electron chi connectivity index (χ4n) is 1.13. The number of amides is 2. The van der Waals surface area contributed by atoms with E-state index in [-0.39, 0.29) is 18.3 Å². The Hall–Kier alpha value is -2.56. The van der Waals surface area contributed by atoms with Gasteiger partial charge in [-0.2, -0.15) is 0 Å². The third-order valence-corrected chi connectivity index (χ3v) is 2.05. The van der Waals surface area contributed by atoms with Gasteiger partial charge in [0.05, 0.1) is 19.3 Å². The summed E-state index contributed by atoms with van der Waals surface area (Å²) in [6, 6.07) is -0.300. The van der Waals surface area contributed by atoms with Gasteiger partial charge in [-0.25, -0.2) is 14.3 Å². The highest BCUT2D eigenvalue weighted by Gasteiger charge is 2.09. The highest BCUT2D eigenvalue weighted by atomic mass is 16.4. The first-order chi connectivity index (χ1) is 8.54. The molecule has 1 aromatic rings. The number of carbonyl (C=O) groups excluding carboxylic acids is 1. The Morgan fingerprint density at radius 1 is 1.67 bits per heavy atom. The molecule has 2 N–H and O–H groups in total. The quantitative estimate of drug-likeness (QED) is 0.671. The lowest BCUT2D eigenvalue weighted by atomic mass is 10.5. The summed E-state index contributed by atoms with van der Waals surface area (Å²) in [7, 11) is 1.58. The van der Waals surface area contributed by atoms with Crippen LogP contribution in [0.15, 0.2) is 6.20 Å². The smallest absolute Gasteiger partial charge is 0.358 e. The van der Waals surface area contributed by atoms with Crippen molar-refractivity contribution in [3.8, 4) is 12.3 Å². The lowest BCUT2D eigenvalue weighted by Crippen LogP contribution is -2.38. The van der Waals surface area contributed by atoms with Crippen molar-refractivity contribution in [1.82, 2.24) is 25.2 Å². The fourth-order valence-corrected chi connectivity index (χ4v) is 1.13. The zero-order valence-corrected chi connectivity index (χ0v) is 9.83. The van der Waals surface area contributed by atoms with Crippen molar-refractivity contribution in [3.63, 3.8) is 0 Å². The van der Waals surface area contributed by atoms with Crippen LogP contribution in [-0.2, 0) is 6.54 Å². The highest BCUT2D eigenvalue weighted by Crippen LogP contribution is 1.92. The number of rotatable bonds is 5. The van der Waals surface area contributed by atoms with Crippen molar-refractivity contribution < 1.29 is 14.7 Å². The van der Waals surface area contributed by atoms with Gasteiger partial charge in [-0.15, -0.1) is 11.5 Å². The molecule has 18 heavy (non-hydrogen) atoms. The molecule has 8 heteroatoms. The van der Waals surface area contributed by atoms with Crippen LogP contribution in [0.3, 0.4) is 0 Å². The first kappa shape index (κ1) is 13.5. The average Bonchev–Trinajstić information content (AvgIpc) is 2.78. The molecule has 0 aliphatic rings. The molecule has 0 aromatic carbocycles. The summed E-state index contributed by atoms with van der Waals surface area (Å²) in [6.45, 7) is 0.852. The minimum absolute atomic E-state index is 0.134. The van der Waals surface area contributed by atoms with E-state index in [1.54, 1.807) is 7.05 Å². The summed E-state index contributed by atoms with van der Waals surface area (Å²) in [5, 5.41) is 18.3. The van der Waals surface area contributed by atoms with Gasteiger partial charge in [0.1, 0.15) is 0 Å². The number of urea groups is 1. The topological polar surface area (TPSA) is 100 Å². The van der Waals surface area contributed by atoms with Crippen LogP contribution < -0.4 is 5.32 Å². The molecule has 0 saturated heterocycles. The molecular weight excluding hydrogens is 238 g/mol. The van der Waals surface area contributed by atoms with E-state index in [0.29, 0.717) is 13.1 Å². The number of hydrogen-bond acceptors (Lipinski definition) is 4. The first-order valence-corrected chi connectivity index (χ1v) is 5.10. The predicted octanol–water partition coefficient (Wildman–Crippen LogP) is -0.749. The summed E-state index contributed by atoms with van der Waals surface area (Å²) in [4.78, 5) is 23.3. The summed E-state index contributed by atoms with van der Waals surface area (Å²) >= 11 is 0. The van der Waals surface area contributed by atoms with Crippen molar-refractivity contribution in [2.24, 2.45) is 0 Å². The molecule has 0 fully saturated rings. The lowest BCUT2D eigenvalue weighted by molar-refractivity contribution is 0.0690. The third kappa shape index (κ3) is 3.79. The number of hydrogen-bond donors (Lipinski definition) is 2. The number of carboxylic acid groups (broad SMARTS) is 1. The van der Waals surface area contributed by atoms with E-state index in [2.05, 4.69) is 21.5 Å². The summed E-state index contributed by atoms with van der Waals surface area (Å²) in [5.41, 5.74) is -0.134. The van der Waals surface area contributed by atoms with Crippen LogP contribution in [0, 0.1) is 12.3 Å². The van der Waals surface area contributed by atoms with Gasteiger partial charge in [0.15, 0.2) is 5.69 Å². The number of aromatic nitrogens is 3. The van der Waals surface area contributed by atoms with E-state index in [4.69, 9.17) is 11.5 Å². The molecule has 0 unspecified atom stereocenters. The van der Waals surface area contributed by atoms with Crippen molar-refractivity contribution >= 4 is 12.0 Å². The van der Waals surface area contributed by atoms with Gasteiger partial charge >= 0.3 is 12.0 Å². The van der Waals surface area contributed by atoms with Crippen molar-refractivity contribution in [3.05, 3.63) is 11.9 Å². The zero-order chi connectivity index (χ0) is 13.5. The van der Waals surface area contributed by atoms with E-state index >= 15 is 0 Å². The normalized spacial score (nSPS) is 9.56. The maximum Gasteiger partial charge on any atom is 0.358 e. The van der Waals surface area contributed by atoms with Gasteiger partial charge in [-0.05, 0) is 0 Å². The van der Waals surface area contributed by atoms with E-state index in [1.807, 2.05) is 0 Å². The fraction of sp³-hybridized carbons (Fsp3) is 0.400. The molecule has 8 nitrogen and oxygen atoms in total. The second-order valence-corrected chi connectivity index (χ2v) is 3.46. The van der Waals surface area contributed by atoms with E-state index < -0.39 is 5.97 Å². The van der Waals surface area contributed by atoms with Crippen LogP contribution in [0.25, 0.3) is 0 Å². The second-order valence-electron chi connectivity index (χ2n) is 3.46. The van der Waals surface area contributed by atoms with Crippen LogP contribution in [0.5, 0.6) is 0 Å². The molecule has 1 rings (SSSR count). The molecule has 0 aliphatic carbocycles. The number of aromatic carboxylic acids is 1. The Morgan fingerprint density at radius 2 is 2.39 bits per heavy atom. The van der Waals surface area contributed by atoms with E-state index in [9.17, 15) is 9.59 Å². The number of terminal acetylenes is 1. The van der Waals surface area contributed by atoms with E-state index in [1.165, 1.54) is 15.8 Å². The molecule has 0 radical (unpaired) electrons. The Balaban J connectivity index is 2.35. The van der Waals surface area contributed by atoms with Crippen LogP contribution in [0.4, 0.5) is 4.79 Å². The Labute approximate surface area is 104 Å². The lowest BCUT2D eigenvalue weighted by Gasteiger charge is -2.14. The minimum Gasteiger partial charge on any atom is -0.476 e. The van der Waals surface area contributed by atoms with Crippen molar-refractivity contribution in [2.45, 2.75) is 6.54 Å². The molecule has 0 aliphatic heterocycles. The third-order valence-electron chi connectivity index (χ3n) is 2.05. The SMILES string of the molecule is C#CCN(C)C(=O)NCCn1cc(C(=O)O)nn1. The number of carboxylic acids is 1. The Morgan fingerprint density at radius 3 is 2.94 bits per heavy atom. The molecule has 2 amide bonds. The standard InChI is InChI=1S/C10H13N5O3/c1-3-5-14(2)10(18)11-4-6-15-7-8(9(16)17)12-13-15/h1,7H,4-6H2,2H3,(H,11,18)(H,16,17). The van der Waals surface area contributed by atoms with Crippen molar-refractivity contribution in [1.29, 1.82) is 0 Å². The molecule has 1 heterocycles. The molecule has 0 bridgehead atoms. The predicted molar refractivity (Wildman–Crippen MR) is 61.8 cm³/mol. The maximum absolute atomic E-state index is 11.4. The summed E-state index contributed by atoms with van der Waals surface area (Å²) in [5.74, 6) is 1.20. The van der Waals surface area contributed by atoms with Gasteiger partial charge in [0.2, 0.25) is 0 Å². The van der Waals surface area contributed by atoms with Gasteiger partial charge in [-0.3, -0.25) is 0 Å². The van der Waals surface area contributed by atoms with Crippen LogP contribution >= 0.6 is 0 Å². The number of carbonyl (C=O) groups is 2. The Kier molecular flexibility index (Phi) is 4.68. The molecule has 0 saturated carbocycles. The van der Waals surface area contributed by atoms with E-state index in [0.717, 1.165) is 0 Å². The van der Waals surface area contributed by atoms with Crippen LogP contribution in [-0.4, -0.2) is 57.1 Å². The molecule has 0 spiro atoms. The summed E-state index contributed by atoms with van der Waals surface area (Å²) in [6.07, 6.45) is 6.36. The molecule has 1 aromatic heterocycles. The minimum atomic E-state index is -1.14. The van der Waals surface area contributed by atoms with Gasteiger partial charge in [-0.1, -0.05) is 11.1 Å². The number of nitrogens with one attached hydrogen (secondary N) is 1. The molecule has 0 atom stereocenters. The van der Waals surface area contributed by atoms with Crippen LogP contribution in [0.1, 0.15) is 10.5 Å². The first-order valence-electron chi connectivity index (χ1n) is 5.10. The molecule has 96 valence electrons. The Bertz CT molecular complexity index is 476. The van der Waals surface area contributed by atoms with Crippen LogP contribution in [0.2, 0.25) is 0 Å². The van der Waals surface area contributed by atoms with Gasteiger partial charge in [0, 0.05) is 13.6 Å². The maximum atomic E-state index is 11.4. The van der Waals surface area contributed by atoms with Gasteiger partial charge < -0.3 is 15.3 Å². The van der Waals surface area contributed by atoms with Gasteiger partial charge in [0.25, 0.3) is 0 Å². The highest BCUT2D eigenvalue weighted by molar-refractivity contribution is 5.84. The zero-order valence-electron chi connectivity index (χ0n) is 9.83. The largest absolute Gasteiger partial charge is 0.476 e. The monoisotopic (exact) mass is 251 g/mol. The second kappa shape index (κ2) is 6.24. The number of nitrogens with zero attached hydrogens (tertiary/aromatic N) is 4. The van der Waals surface area contributed by atoms with Crippen molar-refractivity contribution in [2.75, 3.05) is 20.1 Å².